The number of nitrogens with one attached hydrogen (secondary N) is 1. The molecule has 1 amide bonds. The van der Waals surface area contributed by atoms with E-state index in [1.54, 1.807) is 24.2 Å². The molecule has 1 aliphatic carbocycles. The average Bonchev–Trinajstić information content (AvgIpc) is 3.08. The Morgan fingerprint density at radius 1 is 1.35 bits per heavy atom. The molecule has 0 bridgehead atoms. The molecular formula is C20H26N4OS. The highest BCUT2D eigenvalue weighted by Crippen LogP contribution is 2.36. The maximum absolute atomic E-state index is 12.9. The molecule has 0 atom stereocenters. The number of H-pyrrole nitrogens is 1. The number of pyridine rings is 1. The lowest BCUT2D eigenvalue weighted by molar-refractivity contribution is 0.100. The van der Waals surface area contributed by atoms with E-state index in [0.29, 0.717) is 11.6 Å². The Balaban J connectivity index is 1.63. The number of aromatic nitrogens is 2. The van der Waals surface area contributed by atoms with Crippen molar-refractivity contribution in [3.8, 4) is 0 Å². The summed E-state index contributed by atoms with van der Waals surface area (Å²) in [4.78, 5) is 27.2. The quantitative estimate of drug-likeness (QED) is 0.847. The summed E-state index contributed by atoms with van der Waals surface area (Å²) < 4.78 is 0. The fraction of sp³-hybridized carbons (Fsp3) is 0.550. The van der Waals surface area contributed by atoms with E-state index in [1.165, 1.54) is 32.1 Å². The second-order valence-corrected chi connectivity index (χ2v) is 9.12. The SMILES string of the molecule is CC1(C)CSC(=NC(=O)c2c[nH]c3ncccc23)N(C2CCCCC2)C1. The van der Waals surface area contributed by atoms with Gasteiger partial charge in [0, 0.05) is 36.1 Å². The van der Waals surface area contributed by atoms with Crippen molar-refractivity contribution in [3.63, 3.8) is 0 Å². The van der Waals surface area contributed by atoms with Gasteiger partial charge < -0.3 is 9.88 Å². The van der Waals surface area contributed by atoms with E-state index in [-0.39, 0.29) is 11.3 Å². The largest absolute Gasteiger partial charge is 0.348 e. The lowest BCUT2D eigenvalue weighted by atomic mass is 9.90. The van der Waals surface area contributed by atoms with Crippen molar-refractivity contribution >= 4 is 33.9 Å². The Kier molecular flexibility index (Phi) is 4.78. The van der Waals surface area contributed by atoms with Gasteiger partial charge in [0.2, 0.25) is 0 Å². The molecular weight excluding hydrogens is 344 g/mol. The standard InChI is InChI=1S/C20H26N4OS/c1-20(2)12-24(14-7-4-3-5-8-14)19(26-13-20)23-18(25)16-11-22-17-15(16)9-6-10-21-17/h6,9-11,14H,3-5,7-8,12-13H2,1-2H3,(H,21,22). The van der Waals surface area contributed by atoms with Crippen LogP contribution in [0.2, 0.25) is 0 Å². The zero-order valence-corrected chi connectivity index (χ0v) is 16.3. The van der Waals surface area contributed by atoms with Crippen molar-refractivity contribution in [2.75, 3.05) is 12.3 Å². The Morgan fingerprint density at radius 3 is 2.96 bits per heavy atom. The number of fused-ring (bicyclic) bond motifs is 1. The zero-order valence-electron chi connectivity index (χ0n) is 15.5. The summed E-state index contributed by atoms with van der Waals surface area (Å²) in [6.07, 6.45) is 9.76. The minimum atomic E-state index is -0.174. The molecule has 3 heterocycles. The highest BCUT2D eigenvalue weighted by Gasteiger charge is 2.35. The number of amidine groups is 1. The van der Waals surface area contributed by atoms with Gasteiger partial charge in [-0.05, 0) is 30.4 Å². The van der Waals surface area contributed by atoms with Crippen LogP contribution in [0.5, 0.6) is 0 Å². The molecule has 4 rings (SSSR count). The van der Waals surface area contributed by atoms with Gasteiger partial charge in [-0.1, -0.05) is 44.9 Å². The van der Waals surface area contributed by atoms with Gasteiger partial charge in [-0.25, -0.2) is 4.98 Å². The second-order valence-electron chi connectivity index (χ2n) is 8.17. The molecule has 1 saturated carbocycles. The molecule has 0 aromatic carbocycles. The Hall–Kier alpha value is -1.82. The topological polar surface area (TPSA) is 61.4 Å². The van der Waals surface area contributed by atoms with Gasteiger partial charge in [-0.3, -0.25) is 4.79 Å². The van der Waals surface area contributed by atoms with Crippen LogP contribution in [-0.4, -0.2) is 44.3 Å². The molecule has 2 aromatic heterocycles. The number of amides is 1. The first-order chi connectivity index (χ1) is 12.5. The monoisotopic (exact) mass is 370 g/mol. The van der Waals surface area contributed by atoms with Crippen LogP contribution in [0.15, 0.2) is 29.5 Å². The van der Waals surface area contributed by atoms with Gasteiger partial charge in [0.25, 0.3) is 5.91 Å². The van der Waals surface area contributed by atoms with Crippen molar-refractivity contribution in [1.82, 2.24) is 14.9 Å². The molecule has 0 spiro atoms. The number of hydrogen-bond acceptors (Lipinski definition) is 3. The summed E-state index contributed by atoms with van der Waals surface area (Å²) in [7, 11) is 0. The maximum Gasteiger partial charge on any atom is 0.281 e. The number of aliphatic imine (C=N–C) groups is 1. The molecule has 2 aliphatic rings. The second kappa shape index (κ2) is 7.06. The molecule has 26 heavy (non-hydrogen) atoms. The molecule has 1 aliphatic heterocycles. The fourth-order valence-electron chi connectivity index (χ4n) is 3.97. The lowest BCUT2D eigenvalue weighted by Gasteiger charge is -2.44. The Bertz CT molecular complexity index is 835. The summed E-state index contributed by atoms with van der Waals surface area (Å²) in [5, 5.41) is 1.74. The van der Waals surface area contributed by atoms with Crippen LogP contribution < -0.4 is 0 Å². The van der Waals surface area contributed by atoms with E-state index in [4.69, 9.17) is 0 Å². The Labute approximate surface area is 158 Å². The van der Waals surface area contributed by atoms with Gasteiger partial charge >= 0.3 is 0 Å². The molecule has 0 unspecified atom stereocenters. The van der Waals surface area contributed by atoms with Crippen LogP contribution in [0.4, 0.5) is 0 Å². The average molecular weight is 371 g/mol. The van der Waals surface area contributed by atoms with E-state index in [2.05, 4.69) is 33.7 Å². The highest BCUT2D eigenvalue weighted by molar-refractivity contribution is 8.13. The lowest BCUT2D eigenvalue weighted by Crippen LogP contribution is -2.49. The first kappa shape index (κ1) is 17.6. The van der Waals surface area contributed by atoms with Gasteiger partial charge in [0.15, 0.2) is 5.17 Å². The van der Waals surface area contributed by atoms with Crippen molar-refractivity contribution in [3.05, 3.63) is 30.1 Å². The summed E-state index contributed by atoms with van der Waals surface area (Å²) >= 11 is 1.73. The molecule has 2 fully saturated rings. The van der Waals surface area contributed by atoms with Crippen molar-refractivity contribution in [2.45, 2.75) is 52.0 Å². The van der Waals surface area contributed by atoms with Crippen molar-refractivity contribution in [1.29, 1.82) is 0 Å². The van der Waals surface area contributed by atoms with Crippen LogP contribution in [0.3, 0.4) is 0 Å². The number of nitrogens with zero attached hydrogens (tertiary/aromatic N) is 3. The molecule has 0 radical (unpaired) electrons. The number of thioether (sulfide) groups is 1. The molecule has 138 valence electrons. The van der Waals surface area contributed by atoms with Crippen LogP contribution in [0.25, 0.3) is 11.0 Å². The predicted molar refractivity (Wildman–Crippen MR) is 108 cm³/mol. The normalized spacial score (nSPS) is 22.8. The van der Waals surface area contributed by atoms with E-state index in [9.17, 15) is 4.79 Å². The summed E-state index contributed by atoms with van der Waals surface area (Å²) in [6, 6.07) is 4.29. The third-order valence-electron chi connectivity index (χ3n) is 5.33. The number of aromatic amines is 1. The van der Waals surface area contributed by atoms with Gasteiger partial charge in [0.05, 0.1) is 5.56 Å². The summed E-state index contributed by atoms with van der Waals surface area (Å²) in [5.41, 5.74) is 1.58. The zero-order chi connectivity index (χ0) is 18.1. The minimum absolute atomic E-state index is 0.174. The molecule has 1 saturated heterocycles. The number of carbonyl (C=O) groups excluding carboxylic acids is 1. The van der Waals surface area contributed by atoms with Crippen molar-refractivity contribution in [2.24, 2.45) is 10.4 Å². The fourth-order valence-corrected chi connectivity index (χ4v) is 5.11. The van der Waals surface area contributed by atoms with Crippen molar-refractivity contribution < 1.29 is 4.79 Å². The molecule has 6 heteroatoms. The summed E-state index contributed by atoms with van der Waals surface area (Å²) in [5.74, 6) is 0.824. The maximum atomic E-state index is 12.9. The van der Waals surface area contributed by atoms with E-state index in [0.717, 1.165) is 28.5 Å². The number of carbonyl (C=O) groups is 1. The number of rotatable bonds is 2. The van der Waals surface area contributed by atoms with Crippen LogP contribution in [0, 0.1) is 5.41 Å². The summed E-state index contributed by atoms with van der Waals surface area (Å²) in [6.45, 7) is 5.59. The van der Waals surface area contributed by atoms with E-state index < -0.39 is 0 Å². The Morgan fingerprint density at radius 2 is 2.15 bits per heavy atom. The first-order valence-corrected chi connectivity index (χ1v) is 10.5. The van der Waals surface area contributed by atoms with Crippen LogP contribution >= 0.6 is 11.8 Å². The molecule has 2 aromatic rings. The smallest absolute Gasteiger partial charge is 0.281 e. The van der Waals surface area contributed by atoms with E-state index in [1.807, 2.05) is 12.1 Å². The van der Waals surface area contributed by atoms with Gasteiger partial charge in [0.1, 0.15) is 5.65 Å². The van der Waals surface area contributed by atoms with Gasteiger partial charge in [-0.15, -0.1) is 0 Å². The van der Waals surface area contributed by atoms with E-state index >= 15 is 0 Å². The predicted octanol–water partition coefficient (Wildman–Crippen LogP) is 4.47. The minimum Gasteiger partial charge on any atom is -0.348 e. The number of hydrogen-bond donors (Lipinski definition) is 1. The third kappa shape index (κ3) is 3.52. The molecule has 1 N–H and O–H groups in total. The highest BCUT2D eigenvalue weighted by atomic mass is 32.2. The first-order valence-electron chi connectivity index (χ1n) is 9.48. The third-order valence-corrected chi connectivity index (χ3v) is 6.84. The molecule has 5 nitrogen and oxygen atoms in total. The van der Waals surface area contributed by atoms with Crippen LogP contribution in [-0.2, 0) is 0 Å². The van der Waals surface area contributed by atoms with Gasteiger partial charge in [-0.2, -0.15) is 4.99 Å². The van der Waals surface area contributed by atoms with Crippen LogP contribution in [0.1, 0.15) is 56.3 Å².